The first-order valence-electron chi connectivity index (χ1n) is 13.4. The summed E-state index contributed by atoms with van der Waals surface area (Å²) in [7, 11) is 0. The van der Waals surface area contributed by atoms with Crippen molar-refractivity contribution >= 4 is 35.7 Å². The number of nitrogens with one attached hydrogen (secondary N) is 4. The van der Waals surface area contributed by atoms with E-state index in [1.807, 2.05) is 6.07 Å². The number of carbonyl (C=O) groups excluding carboxylic acids is 6. The molecule has 1 aromatic carbocycles. The minimum atomic E-state index is -1.43. The molecule has 0 fully saturated rings. The third-order valence-corrected chi connectivity index (χ3v) is 5.55. The first-order valence-corrected chi connectivity index (χ1v) is 13.4. The molecule has 0 saturated heterocycles. The van der Waals surface area contributed by atoms with Gasteiger partial charge in [0.1, 0.15) is 30.3 Å². The summed E-state index contributed by atoms with van der Waals surface area (Å²) in [5, 5.41) is 9.89. The van der Waals surface area contributed by atoms with Gasteiger partial charge in [-0.1, -0.05) is 58.0 Å². The predicted octanol–water partition coefficient (Wildman–Crippen LogP) is 0.896. The summed E-state index contributed by atoms with van der Waals surface area (Å²) in [5.74, 6) is -4.45. The van der Waals surface area contributed by atoms with Gasteiger partial charge in [0.2, 0.25) is 23.6 Å². The molecule has 0 aromatic heterocycles. The lowest BCUT2D eigenvalue weighted by Crippen LogP contribution is -2.59. The van der Waals surface area contributed by atoms with E-state index in [-0.39, 0.29) is 12.5 Å². The van der Waals surface area contributed by atoms with E-state index in [1.54, 1.807) is 72.7 Å². The molecule has 0 heterocycles. The van der Waals surface area contributed by atoms with Gasteiger partial charge in [-0.3, -0.25) is 24.0 Å². The van der Waals surface area contributed by atoms with Gasteiger partial charge < -0.3 is 36.5 Å². The second-order valence-electron chi connectivity index (χ2n) is 11.2. The van der Waals surface area contributed by atoms with E-state index in [4.69, 9.17) is 15.2 Å². The van der Waals surface area contributed by atoms with Crippen molar-refractivity contribution in [2.24, 2.45) is 17.6 Å². The van der Waals surface area contributed by atoms with E-state index in [1.165, 1.54) is 0 Å². The first-order chi connectivity index (χ1) is 19.0. The maximum Gasteiger partial charge on any atom is 0.408 e. The molecular weight excluding hydrogens is 534 g/mol. The fourth-order valence-electron chi connectivity index (χ4n) is 3.47. The Morgan fingerprint density at radius 3 is 1.85 bits per heavy atom. The molecule has 0 aliphatic carbocycles. The number of amides is 5. The van der Waals surface area contributed by atoms with E-state index in [2.05, 4.69) is 21.3 Å². The van der Waals surface area contributed by atoms with Crippen molar-refractivity contribution in [3.05, 3.63) is 35.9 Å². The van der Waals surface area contributed by atoms with Gasteiger partial charge in [0.25, 0.3) is 0 Å². The SMILES string of the molecule is CC(C)[C@H](NC(=O)[C@H](CC(=O)OCc1ccccc1)NC(=O)OC(C)(C)C)C(=O)N[C@H](C(=O)NCC(N)=O)C(C)C. The van der Waals surface area contributed by atoms with E-state index < -0.39 is 78.3 Å². The molecule has 41 heavy (non-hydrogen) atoms. The van der Waals surface area contributed by atoms with E-state index >= 15 is 0 Å². The Morgan fingerprint density at radius 2 is 1.34 bits per heavy atom. The van der Waals surface area contributed by atoms with Crippen LogP contribution in [0.5, 0.6) is 0 Å². The lowest BCUT2D eigenvalue weighted by atomic mass is 9.99. The second-order valence-corrected chi connectivity index (χ2v) is 11.2. The molecule has 0 radical (unpaired) electrons. The summed E-state index contributed by atoms with van der Waals surface area (Å²) >= 11 is 0. The largest absolute Gasteiger partial charge is 0.461 e. The van der Waals surface area contributed by atoms with Crippen molar-refractivity contribution in [1.29, 1.82) is 0 Å². The molecule has 3 atom stereocenters. The highest BCUT2D eigenvalue weighted by Gasteiger charge is 2.34. The highest BCUT2D eigenvalue weighted by atomic mass is 16.6. The number of primary amides is 1. The van der Waals surface area contributed by atoms with Crippen molar-refractivity contribution in [3.63, 3.8) is 0 Å². The van der Waals surface area contributed by atoms with Crippen molar-refractivity contribution in [3.8, 4) is 0 Å². The van der Waals surface area contributed by atoms with Crippen molar-refractivity contribution in [2.75, 3.05) is 6.54 Å². The molecule has 13 nitrogen and oxygen atoms in total. The lowest BCUT2D eigenvalue weighted by molar-refractivity contribution is -0.147. The summed E-state index contributed by atoms with van der Waals surface area (Å²) in [6, 6.07) is 5.31. The summed E-state index contributed by atoms with van der Waals surface area (Å²) in [5.41, 5.74) is 4.94. The molecule has 0 aliphatic rings. The van der Waals surface area contributed by atoms with Crippen LogP contribution in [0.25, 0.3) is 0 Å². The highest BCUT2D eigenvalue weighted by Crippen LogP contribution is 2.11. The molecule has 1 aromatic rings. The first kappa shape index (κ1) is 34.9. The number of carbonyl (C=O) groups is 6. The van der Waals surface area contributed by atoms with Crippen molar-refractivity contribution in [2.45, 2.75) is 85.2 Å². The summed E-state index contributed by atoms with van der Waals surface area (Å²) in [6.45, 7) is 11.2. The Balaban J connectivity index is 3.05. The van der Waals surface area contributed by atoms with Gasteiger partial charge in [0.15, 0.2) is 0 Å². The quantitative estimate of drug-likeness (QED) is 0.201. The number of nitrogens with two attached hydrogens (primary N) is 1. The van der Waals surface area contributed by atoms with Crippen LogP contribution in [0, 0.1) is 11.8 Å². The van der Waals surface area contributed by atoms with Gasteiger partial charge in [-0.05, 0) is 38.2 Å². The molecule has 0 unspecified atom stereocenters. The molecule has 0 saturated carbocycles. The number of hydrogen-bond donors (Lipinski definition) is 5. The van der Waals surface area contributed by atoms with Crippen LogP contribution in [0.1, 0.15) is 60.5 Å². The molecule has 228 valence electrons. The third kappa shape index (κ3) is 13.6. The maximum atomic E-state index is 13.3. The summed E-state index contributed by atoms with van der Waals surface area (Å²) in [4.78, 5) is 75.2. The zero-order valence-corrected chi connectivity index (χ0v) is 24.7. The standard InChI is InChI=1S/C28H43N5O8/c1-16(2)22(25(37)30-14-20(29)34)33-26(38)23(17(3)4)32-24(36)19(31-27(39)41-28(5,6)7)13-21(35)40-15-18-11-9-8-10-12-18/h8-12,16-17,19,22-23H,13-15H2,1-7H3,(H2,29,34)(H,30,37)(H,31,39)(H,32,36)(H,33,38)/t19-,22-,23-/m0/s1. The fraction of sp³-hybridized carbons (Fsp3) is 0.571. The Labute approximate surface area is 240 Å². The molecule has 13 heteroatoms. The van der Waals surface area contributed by atoms with E-state index in [0.29, 0.717) is 0 Å². The van der Waals surface area contributed by atoms with Crippen LogP contribution >= 0.6 is 0 Å². The Bertz CT molecular complexity index is 1070. The zero-order valence-electron chi connectivity index (χ0n) is 24.7. The van der Waals surface area contributed by atoms with Crippen molar-refractivity contribution in [1.82, 2.24) is 21.3 Å². The van der Waals surface area contributed by atoms with Gasteiger partial charge >= 0.3 is 12.1 Å². The van der Waals surface area contributed by atoms with Crippen LogP contribution in [0.2, 0.25) is 0 Å². The van der Waals surface area contributed by atoms with Crippen LogP contribution < -0.4 is 27.0 Å². The number of esters is 1. The van der Waals surface area contributed by atoms with E-state index in [0.717, 1.165) is 5.56 Å². The summed E-state index contributed by atoms with van der Waals surface area (Å²) in [6.07, 6.45) is -1.47. The number of rotatable bonds is 14. The molecule has 6 N–H and O–H groups in total. The number of ether oxygens (including phenoxy) is 2. The van der Waals surface area contributed by atoms with Crippen LogP contribution in [0.15, 0.2) is 30.3 Å². The maximum absolute atomic E-state index is 13.3. The Morgan fingerprint density at radius 1 is 0.805 bits per heavy atom. The molecule has 0 bridgehead atoms. The topological polar surface area (TPSA) is 195 Å². The molecular formula is C28H43N5O8. The van der Waals surface area contributed by atoms with E-state index in [9.17, 15) is 28.8 Å². The smallest absolute Gasteiger partial charge is 0.408 e. The van der Waals surface area contributed by atoms with Gasteiger partial charge in [-0.25, -0.2) is 4.79 Å². The molecule has 5 amide bonds. The minimum absolute atomic E-state index is 0.0358. The Hall–Kier alpha value is -4.16. The fourth-order valence-corrected chi connectivity index (χ4v) is 3.47. The van der Waals surface area contributed by atoms with Crippen LogP contribution in [0.4, 0.5) is 4.79 Å². The monoisotopic (exact) mass is 577 g/mol. The van der Waals surface area contributed by atoms with Crippen LogP contribution in [-0.4, -0.2) is 66.0 Å². The zero-order chi connectivity index (χ0) is 31.3. The van der Waals surface area contributed by atoms with Gasteiger partial charge in [-0.2, -0.15) is 0 Å². The lowest BCUT2D eigenvalue weighted by Gasteiger charge is -2.28. The minimum Gasteiger partial charge on any atom is -0.461 e. The second kappa shape index (κ2) is 16.2. The van der Waals surface area contributed by atoms with Crippen LogP contribution in [-0.2, 0) is 40.1 Å². The third-order valence-electron chi connectivity index (χ3n) is 5.55. The number of hydrogen-bond acceptors (Lipinski definition) is 8. The molecule has 1 rings (SSSR count). The average molecular weight is 578 g/mol. The normalized spacial score (nSPS) is 13.4. The van der Waals surface area contributed by atoms with Crippen molar-refractivity contribution < 1.29 is 38.2 Å². The van der Waals surface area contributed by atoms with Crippen LogP contribution in [0.3, 0.4) is 0 Å². The number of benzene rings is 1. The highest BCUT2D eigenvalue weighted by molar-refractivity contribution is 5.95. The molecule has 0 aliphatic heterocycles. The number of alkyl carbamates (subject to hydrolysis) is 1. The van der Waals surface area contributed by atoms with Gasteiger partial charge in [-0.15, -0.1) is 0 Å². The van der Waals surface area contributed by atoms with Gasteiger partial charge in [0, 0.05) is 0 Å². The average Bonchev–Trinajstić information content (AvgIpc) is 2.86. The Kier molecular flexibility index (Phi) is 13.8. The predicted molar refractivity (Wildman–Crippen MR) is 150 cm³/mol. The molecule has 0 spiro atoms. The summed E-state index contributed by atoms with van der Waals surface area (Å²) < 4.78 is 10.5. The van der Waals surface area contributed by atoms with Gasteiger partial charge in [0.05, 0.1) is 13.0 Å².